The van der Waals surface area contributed by atoms with Crippen LogP contribution < -0.4 is 5.32 Å². The van der Waals surface area contributed by atoms with E-state index >= 15 is 0 Å². The van der Waals surface area contributed by atoms with Crippen molar-refractivity contribution in [3.8, 4) is 0 Å². The molecule has 2 aromatic carbocycles. The first-order valence-corrected chi connectivity index (χ1v) is 8.60. The van der Waals surface area contributed by atoms with Crippen LogP contribution in [0.15, 0.2) is 53.0 Å². The van der Waals surface area contributed by atoms with Crippen LogP contribution in [0, 0.1) is 5.41 Å². The first-order chi connectivity index (χ1) is 10.3. The zero-order valence-corrected chi connectivity index (χ0v) is 13.7. The van der Waals surface area contributed by atoms with E-state index in [0.29, 0.717) is 11.3 Å². The normalized spacial score (nSPS) is 23.2. The molecular weight excluding hydrogens is 322 g/mol. The summed E-state index contributed by atoms with van der Waals surface area (Å²) in [7, 11) is 0. The van der Waals surface area contributed by atoms with Gasteiger partial charge in [0.05, 0.1) is 0 Å². The molecule has 1 saturated heterocycles. The number of nitrogens with one attached hydrogen (secondary N) is 1. The van der Waals surface area contributed by atoms with Crippen LogP contribution in [0.25, 0.3) is 0 Å². The molecule has 4 rings (SSSR count). The molecule has 0 saturated carbocycles. The lowest BCUT2D eigenvalue weighted by atomic mass is 9.66. The second kappa shape index (κ2) is 5.26. The fraction of sp³-hybridized carbons (Fsp3) is 0.368. The molecule has 1 spiro atoms. The molecule has 21 heavy (non-hydrogen) atoms. The predicted molar refractivity (Wildman–Crippen MR) is 90.7 cm³/mol. The SMILES string of the molecule is Brc1ccccc1C1CNCCC12Cc1ccccc1C2. The van der Waals surface area contributed by atoms with Gasteiger partial charge in [-0.1, -0.05) is 58.4 Å². The average molecular weight is 342 g/mol. The van der Waals surface area contributed by atoms with Gasteiger partial charge in [0, 0.05) is 16.9 Å². The van der Waals surface area contributed by atoms with Crippen molar-refractivity contribution < 1.29 is 0 Å². The molecular formula is C19H20BrN. The van der Waals surface area contributed by atoms with Gasteiger partial charge in [0.25, 0.3) is 0 Å². The largest absolute Gasteiger partial charge is 0.316 e. The standard InChI is InChI=1S/C19H20BrN/c20-18-8-4-3-7-16(18)17-13-21-10-9-19(17)11-14-5-1-2-6-15(14)12-19/h1-8,17,21H,9-13H2. The van der Waals surface area contributed by atoms with E-state index in [0.717, 1.165) is 13.1 Å². The number of rotatable bonds is 1. The van der Waals surface area contributed by atoms with Gasteiger partial charge in [-0.2, -0.15) is 0 Å². The Balaban J connectivity index is 1.75. The van der Waals surface area contributed by atoms with Crippen molar-refractivity contribution in [3.63, 3.8) is 0 Å². The zero-order chi connectivity index (χ0) is 14.3. The van der Waals surface area contributed by atoms with E-state index in [9.17, 15) is 0 Å². The summed E-state index contributed by atoms with van der Waals surface area (Å²) in [5.74, 6) is 0.592. The lowest BCUT2D eigenvalue weighted by molar-refractivity contribution is 0.175. The van der Waals surface area contributed by atoms with Crippen LogP contribution in [0.2, 0.25) is 0 Å². The molecule has 1 aliphatic carbocycles. The third-order valence-corrected chi connectivity index (χ3v) is 6.09. The summed E-state index contributed by atoms with van der Waals surface area (Å²) in [5, 5.41) is 3.62. The highest BCUT2D eigenvalue weighted by Crippen LogP contribution is 2.51. The Kier molecular flexibility index (Phi) is 3.39. The molecule has 1 fully saturated rings. The summed E-state index contributed by atoms with van der Waals surface area (Å²) in [4.78, 5) is 0. The fourth-order valence-electron chi connectivity index (χ4n) is 4.32. The summed E-state index contributed by atoms with van der Waals surface area (Å²) < 4.78 is 1.26. The van der Waals surface area contributed by atoms with Gasteiger partial charge in [0.1, 0.15) is 0 Å². The van der Waals surface area contributed by atoms with Crippen LogP contribution in [0.1, 0.15) is 29.0 Å². The molecule has 2 aliphatic rings. The minimum atomic E-state index is 0.402. The van der Waals surface area contributed by atoms with Crippen molar-refractivity contribution in [1.82, 2.24) is 5.32 Å². The van der Waals surface area contributed by atoms with Crippen molar-refractivity contribution in [2.75, 3.05) is 13.1 Å². The smallest absolute Gasteiger partial charge is 0.0210 e. The van der Waals surface area contributed by atoms with Gasteiger partial charge in [0.15, 0.2) is 0 Å². The second-order valence-electron chi connectivity index (χ2n) is 6.51. The lowest BCUT2D eigenvalue weighted by Gasteiger charge is -2.42. The van der Waals surface area contributed by atoms with Crippen LogP contribution in [0.5, 0.6) is 0 Å². The number of benzene rings is 2. The molecule has 0 radical (unpaired) electrons. The fourth-order valence-corrected chi connectivity index (χ4v) is 4.88. The van der Waals surface area contributed by atoms with E-state index in [4.69, 9.17) is 0 Å². The highest BCUT2D eigenvalue weighted by Gasteiger charge is 2.45. The maximum atomic E-state index is 3.77. The van der Waals surface area contributed by atoms with E-state index in [1.165, 1.54) is 29.3 Å². The molecule has 0 bridgehead atoms. The Hall–Kier alpha value is -1.12. The first-order valence-electron chi connectivity index (χ1n) is 7.80. The summed E-state index contributed by atoms with van der Waals surface area (Å²) in [5.41, 5.74) is 5.00. The molecule has 108 valence electrons. The number of fused-ring (bicyclic) bond motifs is 1. The van der Waals surface area contributed by atoms with Crippen molar-refractivity contribution in [2.45, 2.75) is 25.2 Å². The van der Waals surface area contributed by atoms with E-state index < -0.39 is 0 Å². The average Bonchev–Trinajstić information content (AvgIpc) is 2.87. The molecule has 1 N–H and O–H groups in total. The van der Waals surface area contributed by atoms with E-state index in [-0.39, 0.29) is 0 Å². The highest BCUT2D eigenvalue weighted by atomic mass is 79.9. The first kappa shape index (κ1) is 13.5. The van der Waals surface area contributed by atoms with Gasteiger partial charge in [0.2, 0.25) is 0 Å². The minimum absolute atomic E-state index is 0.402. The number of hydrogen-bond acceptors (Lipinski definition) is 1. The molecule has 1 heterocycles. The van der Waals surface area contributed by atoms with Gasteiger partial charge >= 0.3 is 0 Å². The number of piperidine rings is 1. The quantitative estimate of drug-likeness (QED) is 0.814. The maximum Gasteiger partial charge on any atom is 0.0210 e. The zero-order valence-electron chi connectivity index (χ0n) is 12.1. The Labute approximate surface area is 134 Å². The van der Waals surface area contributed by atoms with Gasteiger partial charge in [-0.05, 0) is 54.0 Å². The van der Waals surface area contributed by atoms with Crippen molar-refractivity contribution in [1.29, 1.82) is 0 Å². The molecule has 2 heteroatoms. The van der Waals surface area contributed by atoms with Crippen molar-refractivity contribution >= 4 is 15.9 Å². The maximum absolute atomic E-state index is 3.77. The molecule has 1 aliphatic heterocycles. The highest BCUT2D eigenvalue weighted by molar-refractivity contribution is 9.10. The summed E-state index contributed by atoms with van der Waals surface area (Å²) in [6, 6.07) is 17.8. The monoisotopic (exact) mass is 341 g/mol. The Morgan fingerprint density at radius 3 is 2.33 bits per heavy atom. The van der Waals surface area contributed by atoms with Crippen LogP contribution in [-0.4, -0.2) is 13.1 Å². The second-order valence-corrected chi connectivity index (χ2v) is 7.37. The van der Waals surface area contributed by atoms with Crippen LogP contribution in [0.4, 0.5) is 0 Å². The molecule has 1 nitrogen and oxygen atoms in total. The molecule has 0 aromatic heterocycles. The Morgan fingerprint density at radius 2 is 1.62 bits per heavy atom. The molecule has 1 atom stereocenters. The number of halogens is 1. The Morgan fingerprint density at radius 1 is 0.952 bits per heavy atom. The topological polar surface area (TPSA) is 12.0 Å². The third-order valence-electron chi connectivity index (χ3n) is 5.37. The van der Waals surface area contributed by atoms with Crippen molar-refractivity contribution in [3.05, 3.63) is 69.7 Å². The van der Waals surface area contributed by atoms with Gasteiger partial charge in [-0.3, -0.25) is 0 Å². The molecule has 0 amide bonds. The van der Waals surface area contributed by atoms with Crippen molar-refractivity contribution in [2.24, 2.45) is 5.41 Å². The van der Waals surface area contributed by atoms with E-state index in [1.807, 2.05) is 0 Å². The predicted octanol–water partition coefficient (Wildman–Crippen LogP) is 4.31. The summed E-state index contributed by atoms with van der Waals surface area (Å²) >= 11 is 3.77. The van der Waals surface area contributed by atoms with Gasteiger partial charge in [-0.15, -0.1) is 0 Å². The van der Waals surface area contributed by atoms with Crippen LogP contribution >= 0.6 is 15.9 Å². The van der Waals surface area contributed by atoms with E-state index in [1.54, 1.807) is 11.1 Å². The van der Waals surface area contributed by atoms with Gasteiger partial charge < -0.3 is 5.32 Å². The number of hydrogen-bond donors (Lipinski definition) is 1. The van der Waals surface area contributed by atoms with Gasteiger partial charge in [-0.25, -0.2) is 0 Å². The molecule has 1 unspecified atom stereocenters. The summed E-state index contributed by atoms with van der Waals surface area (Å²) in [6.45, 7) is 2.24. The molecule has 2 aromatic rings. The summed E-state index contributed by atoms with van der Waals surface area (Å²) in [6.07, 6.45) is 3.74. The van der Waals surface area contributed by atoms with Crippen LogP contribution in [0.3, 0.4) is 0 Å². The van der Waals surface area contributed by atoms with Crippen LogP contribution in [-0.2, 0) is 12.8 Å². The van der Waals surface area contributed by atoms with E-state index in [2.05, 4.69) is 69.8 Å². The Bertz CT molecular complexity index is 639. The minimum Gasteiger partial charge on any atom is -0.316 e. The lowest BCUT2D eigenvalue weighted by Crippen LogP contribution is -2.44. The third kappa shape index (κ3) is 2.25.